The second kappa shape index (κ2) is 10.1. The van der Waals surface area contributed by atoms with Crippen molar-refractivity contribution >= 4 is 0 Å². The van der Waals surface area contributed by atoms with Gasteiger partial charge in [0.15, 0.2) is 0 Å². The van der Waals surface area contributed by atoms with Crippen LogP contribution in [0.2, 0.25) is 0 Å². The largest absolute Gasteiger partial charge is 0.388 e. The number of benzene rings is 1. The monoisotopic (exact) mass is 319 g/mol. The molecular weight excluding hydrogens is 282 g/mol. The lowest BCUT2D eigenvalue weighted by molar-refractivity contribution is -0.0306. The zero-order valence-corrected chi connectivity index (χ0v) is 15.5. The summed E-state index contributed by atoms with van der Waals surface area (Å²) in [5.74, 6) is 0. The fourth-order valence-electron chi connectivity index (χ4n) is 3.12. The second-order valence-electron chi connectivity index (χ2n) is 7.64. The van der Waals surface area contributed by atoms with Crippen molar-refractivity contribution in [1.82, 2.24) is 0 Å². The first-order valence-corrected chi connectivity index (χ1v) is 9.44. The van der Waals surface area contributed by atoms with Crippen molar-refractivity contribution in [1.29, 1.82) is 0 Å². The standard InChI is InChI=1S/C21H37NO/c1-4-5-6-7-8-9-10-14-17-21(23,20(2,3)22)18-19-15-12-11-13-16-19/h11-13,15-16,23H,4-10,14,17-18,22H2,1-3H3. The lowest BCUT2D eigenvalue weighted by atomic mass is 9.75. The summed E-state index contributed by atoms with van der Waals surface area (Å²) >= 11 is 0. The van der Waals surface area contributed by atoms with Crippen LogP contribution in [-0.2, 0) is 6.42 Å². The van der Waals surface area contributed by atoms with Crippen molar-refractivity contribution in [3.63, 3.8) is 0 Å². The van der Waals surface area contributed by atoms with Gasteiger partial charge in [0.2, 0.25) is 0 Å². The van der Waals surface area contributed by atoms with E-state index in [4.69, 9.17) is 5.73 Å². The third-order valence-electron chi connectivity index (χ3n) is 4.98. The molecule has 1 aromatic carbocycles. The van der Waals surface area contributed by atoms with Gasteiger partial charge in [-0.15, -0.1) is 0 Å². The van der Waals surface area contributed by atoms with E-state index in [1.165, 1.54) is 44.9 Å². The maximum absolute atomic E-state index is 11.1. The minimum atomic E-state index is -0.837. The Balaban J connectivity index is 2.40. The number of unbranched alkanes of at least 4 members (excludes halogenated alkanes) is 7. The molecule has 0 aliphatic rings. The lowest BCUT2D eigenvalue weighted by Gasteiger charge is -2.40. The van der Waals surface area contributed by atoms with Gasteiger partial charge in [-0.2, -0.15) is 0 Å². The zero-order valence-electron chi connectivity index (χ0n) is 15.5. The van der Waals surface area contributed by atoms with Gasteiger partial charge in [0.05, 0.1) is 5.60 Å². The molecule has 0 amide bonds. The Kier molecular flexibility index (Phi) is 8.86. The predicted octanol–water partition coefficient (Wildman–Crippen LogP) is 5.23. The Morgan fingerprint density at radius 2 is 1.39 bits per heavy atom. The summed E-state index contributed by atoms with van der Waals surface area (Å²) in [5.41, 5.74) is 6.04. The van der Waals surface area contributed by atoms with Gasteiger partial charge in [-0.05, 0) is 25.8 Å². The molecule has 0 saturated carbocycles. The van der Waals surface area contributed by atoms with Crippen molar-refractivity contribution in [3.8, 4) is 0 Å². The molecule has 0 aliphatic carbocycles. The van der Waals surface area contributed by atoms with Crippen LogP contribution in [0.1, 0.15) is 84.1 Å². The van der Waals surface area contributed by atoms with Crippen LogP contribution in [0.25, 0.3) is 0 Å². The molecule has 1 atom stereocenters. The third-order valence-corrected chi connectivity index (χ3v) is 4.98. The summed E-state index contributed by atoms with van der Waals surface area (Å²) in [5, 5.41) is 11.1. The molecule has 2 heteroatoms. The molecule has 1 aromatic rings. The predicted molar refractivity (Wildman–Crippen MR) is 101 cm³/mol. The molecule has 0 aromatic heterocycles. The molecule has 3 N–H and O–H groups in total. The molecule has 23 heavy (non-hydrogen) atoms. The van der Waals surface area contributed by atoms with Crippen LogP contribution in [0.3, 0.4) is 0 Å². The van der Waals surface area contributed by atoms with Gasteiger partial charge in [-0.1, -0.05) is 88.6 Å². The van der Waals surface area contributed by atoms with E-state index < -0.39 is 11.1 Å². The van der Waals surface area contributed by atoms with Crippen LogP contribution in [0.4, 0.5) is 0 Å². The highest BCUT2D eigenvalue weighted by atomic mass is 16.3. The Hall–Kier alpha value is -0.860. The van der Waals surface area contributed by atoms with Crippen LogP contribution in [0.5, 0.6) is 0 Å². The summed E-state index contributed by atoms with van der Waals surface area (Å²) in [7, 11) is 0. The zero-order chi connectivity index (χ0) is 17.2. The first-order chi connectivity index (χ1) is 10.9. The fraction of sp³-hybridized carbons (Fsp3) is 0.714. The van der Waals surface area contributed by atoms with Crippen LogP contribution in [0, 0.1) is 0 Å². The molecule has 0 aliphatic heterocycles. The third kappa shape index (κ3) is 7.50. The molecular formula is C21H37NO. The Bertz CT molecular complexity index is 410. The van der Waals surface area contributed by atoms with E-state index in [0.717, 1.165) is 18.4 Å². The van der Waals surface area contributed by atoms with E-state index in [2.05, 4.69) is 19.1 Å². The molecule has 0 radical (unpaired) electrons. The van der Waals surface area contributed by atoms with Crippen molar-refractivity contribution in [2.24, 2.45) is 5.73 Å². The number of nitrogens with two attached hydrogens (primary N) is 1. The lowest BCUT2D eigenvalue weighted by Crippen LogP contribution is -2.57. The second-order valence-corrected chi connectivity index (χ2v) is 7.64. The molecule has 1 unspecified atom stereocenters. The number of hydrogen-bond acceptors (Lipinski definition) is 2. The van der Waals surface area contributed by atoms with Crippen LogP contribution in [0.15, 0.2) is 30.3 Å². The molecule has 0 bridgehead atoms. The maximum Gasteiger partial charge on any atom is 0.0860 e. The summed E-state index contributed by atoms with van der Waals surface area (Å²) in [6.07, 6.45) is 11.6. The topological polar surface area (TPSA) is 46.2 Å². The van der Waals surface area contributed by atoms with Gasteiger partial charge < -0.3 is 10.8 Å². The van der Waals surface area contributed by atoms with Gasteiger partial charge in [-0.25, -0.2) is 0 Å². The average Bonchev–Trinajstić information content (AvgIpc) is 2.50. The molecule has 0 heterocycles. The Morgan fingerprint density at radius 3 is 1.91 bits per heavy atom. The SMILES string of the molecule is CCCCCCCCCCC(O)(Cc1ccccc1)C(C)(C)N. The van der Waals surface area contributed by atoms with Gasteiger partial charge in [0.1, 0.15) is 0 Å². The van der Waals surface area contributed by atoms with E-state index >= 15 is 0 Å². The highest BCUT2D eigenvalue weighted by molar-refractivity contribution is 5.19. The van der Waals surface area contributed by atoms with Gasteiger partial charge in [0, 0.05) is 12.0 Å². The highest BCUT2D eigenvalue weighted by Gasteiger charge is 2.39. The van der Waals surface area contributed by atoms with E-state index in [0.29, 0.717) is 6.42 Å². The highest BCUT2D eigenvalue weighted by Crippen LogP contribution is 2.30. The number of rotatable bonds is 12. The molecule has 0 saturated heterocycles. The van der Waals surface area contributed by atoms with Crippen LogP contribution >= 0.6 is 0 Å². The minimum Gasteiger partial charge on any atom is -0.388 e. The quantitative estimate of drug-likeness (QED) is 0.518. The van der Waals surface area contributed by atoms with Crippen LogP contribution < -0.4 is 5.73 Å². The molecule has 0 fully saturated rings. The van der Waals surface area contributed by atoms with Crippen molar-refractivity contribution < 1.29 is 5.11 Å². The Labute approximate surface area is 143 Å². The first kappa shape index (κ1) is 20.2. The Morgan fingerprint density at radius 1 is 0.870 bits per heavy atom. The molecule has 132 valence electrons. The average molecular weight is 320 g/mol. The number of aliphatic hydroxyl groups is 1. The van der Waals surface area contributed by atoms with Crippen molar-refractivity contribution in [3.05, 3.63) is 35.9 Å². The van der Waals surface area contributed by atoms with E-state index in [-0.39, 0.29) is 0 Å². The summed E-state index contributed by atoms with van der Waals surface area (Å²) < 4.78 is 0. The number of hydrogen-bond donors (Lipinski definition) is 2. The maximum atomic E-state index is 11.1. The van der Waals surface area contributed by atoms with E-state index in [1.54, 1.807) is 0 Å². The van der Waals surface area contributed by atoms with Gasteiger partial charge in [0.25, 0.3) is 0 Å². The summed E-state index contributed by atoms with van der Waals surface area (Å²) in [4.78, 5) is 0. The van der Waals surface area contributed by atoms with E-state index in [9.17, 15) is 5.11 Å². The van der Waals surface area contributed by atoms with Gasteiger partial charge >= 0.3 is 0 Å². The van der Waals surface area contributed by atoms with Crippen molar-refractivity contribution in [2.75, 3.05) is 0 Å². The first-order valence-electron chi connectivity index (χ1n) is 9.44. The summed E-state index contributed by atoms with van der Waals surface area (Å²) in [6, 6.07) is 10.2. The van der Waals surface area contributed by atoms with Gasteiger partial charge in [-0.3, -0.25) is 0 Å². The molecule has 0 spiro atoms. The fourth-order valence-corrected chi connectivity index (χ4v) is 3.12. The van der Waals surface area contributed by atoms with Crippen molar-refractivity contribution in [2.45, 2.75) is 96.1 Å². The molecule has 2 nitrogen and oxygen atoms in total. The van der Waals surface area contributed by atoms with E-state index in [1.807, 2.05) is 32.0 Å². The smallest absolute Gasteiger partial charge is 0.0860 e. The van der Waals surface area contributed by atoms with Crippen LogP contribution in [-0.4, -0.2) is 16.2 Å². The normalized spacial score (nSPS) is 14.7. The summed E-state index contributed by atoms with van der Waals surface area (Å²) in [6.45, 7) is 6.14. The minimum absolute atomic E-state index is 0.593. The molecule has 1 rings (SSSR count).